The molecule has 1 amide bonds. The van der Waals surface area contributed by atoms with Crippen LogP contribution >= 0.6 is 0 Å². The smallest absolute Gasteiger partial charge is 0.408 e. The average molecular weight is 228 g/mol. The Kier molecular flexibility index (Phi) is 6.81. The maximum Gasteiger partial charge on any atom is 0.408 e. The number of amides is 1. The van der Waals surface area contributed by atoms with E-state index in [1.807, 2.05) is 32.9 Å². The van der Waals surface area contributed by atoms with Crippen LogP contribution in [0.15, 0.2) is 12.2 Å². The molecule has 3 N–H and O–H groups in total. The standard InChI is InChI=1S/C12H24N2O2/c1-5-6-7-8-10(9-13)14-11(15)16-12(2,3)4/h7-8,10H,5-6,9,13H2,1-4H3,(H,14,15)/b8-7+. The molecule has 0 saturated heterocycles. The van der Waals surface area contributed by atoms with Crippen LogP contribution in [-0.2, 0) is 4.74 Å². The lowest BCUT2D eigenvalue weighted by molar-refractivity contribution is 0.0516. The number of nitrogens with two attached hydrogens (primary N) is 1. The molecular weight excluding hydrogens is 204 g/mol. The van der Waals surface area contributed by atoms with Gasteiger partial charge < -0.3 is 15.8 Å². The summed E-state index contributed by atoms with van der Waals surface area (Å²) in [4.78, 5) is 11.4. The van der Waals surface area contributed by atoms with Crippen LogP contribution in [0.25, 0.3) is 0 Å². The van der Waals surface area contributed by atoms with Gasteiger partial charge in [0.15, 0.2) is 0 Å². The van der Waals surface area contributed by atoms with Gasteiger partial charge in [-0.15, -0.1) is 0 Å². The SMILES string of the molecule is CCC/C=C/C(CN)NC(=O)OC(C)(C)C. The van der Waals surface area contributed by atoms with E-state index in [0.29, 0.717) is 6.54 Å². The van der Waals surface area contributed by atoms with Crippen molar-refractivity contribution in [3.63, 3.8) is 0 Å². The van der Waals surface area contributed by atoms with Gasteiger partial charge in [0.25, 0.3) is 0 Å². The monoisotopic (exact) mass is 228 g/mol. The molecule has 4 heteroatoms. The third kappa shape index (κ3) is 8.29. The molecule has 0 aromatic rings. The molecule has 16 heavy (non-hydrogen) atoms. The summed E-state index contributed by atoms with van der Waals surface area (Å²) >= 11 is 0. The Bertz CT molecular complexity index is 232. The van der Waals surface area contributed by atoms with Gasteiger partial charge in [-0.3, -0.25) is 0 Å². The Hall–Kier alpha value is -1.03. The maximum atomic E-state index is 11.4. The summed E-state index contributed by atoms with van der Waals surface area (Å²) in [6, 6.07) is -0.151. The van der Waals surface area contributed by atoms with Crippen molar-refractivity contribution in [3.8, 4) is 0 Å². The molecule has 94 valence electrons. The zero-order valence-electron chi connectivity index (χ0n) is 10.7. The van der Waals surface area contributed by atoms with Gasteiger partial charge in [-0.2, -0.15) is 0 Å². The molecule has 1 atom stereocenters. The third-order valence-corrected chi connectivity index (χ3v) is 1.78. The number of allylic oxidation sites excluding steroid dienone is 1. The molecule has 0 fully saturated rings. The van der Waals surface area contributed by atoms with E-state index in [1.165, 1.54) is 0 Å². The zero-order chi connectivity index (χ0) is 12.6. The quantitative estimate of drug-likeness (QED) is 0.709. The number of ether oxygens (including phenoxy) is 1. The second-order valence-electron chi connectivity index (χ2n) is 4.71. The van der Waals surface area contributed by atoms with Crippen LogP contribution < -0.4 is 11.1 Å². The first kappa shape index (κ1) is 15.0. The molecular formula is C12H24N2O2. The molecule has 0 saturated carbocycles. The first-order valence-electron chi connectivity index (χ1n) is 5.75. The molecule has 0 aliphatic carbocycles. The lowest BCUT2D eigenvalue weighted by atomic mass is 10.2. The Morgan fingerprint density at radius 3 is 2.56 bits per heavy atom. The highest BCUT2D eigenvalue weighted by atomic mass is 16.6. The second-order valence-corrected chi connectivity index (χ2v) is 4.71. The van der Waals surface area contributed by atoms with Crippen molar-refractivity contribution in [2.45, 2.75) is 52.2 Å². The third-order valence-electron chi connectivity index (χ3n) is 1.78. The number of nitrogens with one attached hydrogen (secondary N) is 1. The number of hydrogen-bond acceptors (Lipinski definition) is 3. The molecule has 0 bridgehead atoms. The fourth-order valence-corrected chi connectivity index (χ4v) is 1.07. The van der Waals surface area contributed by atoms with E-state index < -0.39 is 11.7 Å². The number of carbonyl (C=O) groups is 1. The van der Waals surface area contributed by atoms with E-state index in [4.69, 9.17) is 10.5 Å². The molecule has 0 aliphatic rings. The highest BCUT2D eigenvalue weighted by Crippen LogP contribution is 2.06. The minimum atomic E-state index is -0.476. The lowest BCUT2D eigenvalue weighted by Gasteiger charge is -2.21. The first-order chi connectivity index (χ1) is 7.39. The highest BCUT2D eigenvalue weighted by molar-refractivity contribution is 5.68. The van der Waals surface area contributed by atoms with Crippen LogP contribution in [0.4, 0.5) is 4.79 Å². The van der Waals surface area contributed by atoms with Gasteiger partial charge in [0.2, 0.25) is 0 Å². The van der Waals surface area contributed by atoms with Crippen molar-refractivity contribution in [1.29, 1.82) is 0 Å². The summed E-state index contributed by atoms with van der Waals surface area (Å²) in [5.41, 5.74) is 5.07. The van der Waals surface area contributed by atoms with Crippen LogP contribution in [0.1, 0.15) is 40.5 Å². The van der Waals surface area contributed by atoms with E-state index in [-0.39, 0.29) is 6.04 Å². The average Bonchev–Trinajstić information content (AvgIpc) is 2.13. The molecule has 0 aromatic carbocycles. The number of carbonyl (C=O) groups excluding carboxylic acids is 1. The Morgan fingerprint density at radius 1 is 1.50 bits per heavy atom. The Balaban J connectivity index is 4.07. The fourth-order valence-electron chi connectivity index (χ4n) is 1.07. The van der Waals surface area contributed by atoms with Gasteiger partial charge in [-0.1, -0.05) is 25.5 Å². The minimum absolute atomic E-state index is 0.151. The fraction of sp³-hybridized carbons (Fsp3) is 0.750. The zero-order valence-corrected chi connectivity index (χ0v) is 10.7. The molecule has 0 aromatic heterocycles. The van der Waals surface area contributed by atoms with E-state index in [9.17, 15) is 4.79 Å². The van der Waals surface area contributed by atoms with Gasteiger partial charge in [-0.05, 0) is 27.2 Å². The van der Waals surface area contributed by atoms with E-state index in [2.05, 4.69) is 12.2 Å². The number of hydrogen-bond donors (Lipinski definition) is 2. The number of unbranched alkanes of at least 4 members (excludes halogenated alkanes) is 1. The topological polar surface area (TPSA) is 64.3 Å². The highest BCUT2D eigenvalue weighted by Gasteiger charge is 2.17. The van der Waals surface area contributed by atoms with Crippen LogP contribution in [0.5, 0.6) is 0 Å². The number of rotatable bonds is 5. The summed E-state index contributed by atoms with van der Waals surface area (Å²) in [6.45, 7) is 7.97. The van der Waals surface area contributed by atoms with E-state index in [0.717, 1.165) is 12.8 Å². The predicted molar refractivity (Wildman–Crippen MR) is 66.3 cm³/mol. The minimum Gasteiger partial charge on any atom is -0.444 e. The molecule has 0 radical (unpaired) electrons. The Labute approximate surface area is 98.2 Å². The molecule has 0 rings (SSSR count). The normalized spacial score (nSPS) is 13.8. The molecule has 4 nitrogen and oxygen atoms in total. The second kappa shape index (κ2) is 7.28. The maximum absolute atomic E-state index is 11.4. The van der Waals surface area contributed by atoms with Crippen molar-refractivity contribution >= 4 is 6.09 Å². The summed E-state index contributed by atoms with van der Waals surface area (Å²) in [7, 11) is 0. The van der Waals surface area contributed by atoms with Gasteiger partial charge in [0.05, 0.1) is 6.04 Å². The van der Waals surface area contributed by atoms with Crippen molar-refractivity contribution < 1.29 is 9.53 Å². The molecule has 0 aliphatic heterocycles. The van der Waals surface area contributed by atoms with Crippen LogP contribution in [-0.4, -0.2) is 24.3 Å². The van der Waals surface area contributed by atoms with Crippen molar-refractivity contribution in [2.75, 3.05) is 6.54 Å². The summed E-state index contributed by atoms with van der Waals surface area (Å²) in [5, 5.41) is 2.71. The molecule has 1 unspecified atom stereocenters. The molecule has 0 spiro atoms. The van der Waals surface area contributed by atoms with Crippen molar-refractivity contribution in [3.05, 3.63) is 12.2 Å². The van der Waals surface area contributed by atoms with Gasteiger partial charge in [0, 0.05) is 6.54 Å². The lowest BCUT2D eigenvalue weighted by Crippen LogP contribution is -2.41. The summed E-state index contributed by atoms with van der Waals surface area (Å²) in [5.74, 6) is 0. The largest absolute Gasteiger partial charge is 0.444 e. The Morgan fingerprint density at radius 2 is 2.12 bits per heavy atom. The van der Waals surface area contributed by atoms with Crippen molar-refractivity contribution in [1.82, 2.24) is 5.32 Å². The van der Waals surface area contributed by atoms with Gasteiger partial charge in [0.1, 0.15) is 5.60 Å². The first-order valence-corrected chi connectivity index (χ1v) is 5.75. The van der Waals surface area contributed by atoms with E-state index in [1.54, 1.807) is 0 Å². The van der Waals surface area contributed by atoms with Crippen LogP contribution in [0.3, 0.4) is 0 Å². The number of alkyl carbamates (subject to hydrolysis) is 1. The molecule has 0 heterocycles. The van der Waals surface area contributed by atoms with Crippen molar-refractivity contribution in [2.24, 2.45) is 5.73 Å². The summed E-state index contributed by atoms with van der Waals surface area (Å²) < 4.78 is 5.14. The summed E-state index contributed by atoms with van der Waals surface area (Å²) in [6.07, 6.45) is 5.58. The van der Waals surface area contributed by atoms with E-state index >= 15 is 0 Å². The predicted octanol–water partition coefficient (Wildman–Crippen LogP) is 2.19. The van der Waals surface area contributed by atoms with Gasteiger partial charge in [-0.25, -0.2) is 4.79 Å². The van der Waals surface area contributed by atoms with Crippen LogP contribution in [0, 0.1) is 0 Å². The van der Waals surface area contributed by atoms with Gasteiger partial charge >= 0.3 is 6.09 Å². The van der Waals surface area contributed by atoms with Crippen LogP contribution in [0.2, 0.25) is 0 Å².